The molecular weight excluding hydrogens is 489 g/mol. The molecule has 0 unspecified atom stereocenters. The molecule has 3 N–H and O–H groups in total. The van der Waals surface area contributed by atoms with Crippen LogP contribution in [0.4, 0.5) is 5.82 Å². The largest absolute Gasteiger partial charge is 0.412 e. The Kier molecular flexibility index (Phi) is 6.37. The summed E-state index contributed by atoms with van der Waals surface area (Å²) < 4.78 is 1.07. The number of anilines is 1. The minimum atomic E-state index is -0.470. The molecule has 4 aromatic rings. The van der Waals surface area contributed by atoms with E-state index in [1.54, 1.807) is 24.3 Å². The van der Waals surface area contributed by atoms with Gasteiger partial charge in [0.15, 0.2) is 11.5 Å². The van der Waals surface area contributed by atoms with Crippen LogP contribution in [0.2, 0.25) is 10.0 Å². The minimum Gasteiger partial charge on any atom is -0.412 e. The van der Waals surface area contributed by atoms with E-state index >= 15 is 0 Å². The molecule has 1 fully saturated rings. The second-order valence-corrected chi connectivity index (χ2v) is 9.30. The van der Waals surface area contributed by atoms with Crippen molar-refractivity contribution in [3.8, 4) is 22.5 Å². The first kappa shape index (κ1) is 23.6. The van der Waals surface area contributed by atoms with E-state index in [0.717, 1.165) is 35.4 Å². The Bertz CT molecular complexity index is 1450. The van der Waals surface area contributed by atoms with Gasteiger partial charge in [-0.15, -0.1) is 4.73 Å². The number of nitrogens with two attached hydrogens (primary N) is 1. The fraction of sp³-hybridized carbons (Fsp3) is 0.240. The molecule has 0 bridgehead atoms. The fourth-order valence-corrected chi connectivity index (χ4v) is 4.99. The summed E-state index contributed by atoms with van der Waals surface area (Å²) in [6.45, 7) is 2.32. The summed E-state index contributed by atoms with van der Waals surface area (Å²) in [6.07, 6.45) is 0.546. The zero-order valence-electron chi connectivity index (χ0n) is 18.9. The lowest BCUT2D eigenvalue weighted by atomic mass is 10.1. The van der Waals surface area contributed by atoms with Crippen molar-refractivity contribution in [1.29, 1.82) is 0 Å². The number of aliphatic hydroxyl groups is 1. The smallest absolute Gasteiger partial charge is 0.293 e. The summed E-state index contributed by atoms with van der Waals surface area (Å²) in [5.41, 5.74) is 8.58. The van der Waals surface area contributed by atoms with Crippen molar-refractivity contribution in [2.45, 2.75) is 19.1 Å². The maximum atomic E-state index is 13.3. The maximum Gasteiger partial charge on any atom is 0.293 e. The Labute approximate surface area is 211 Å². The molecule has 0 saturated carbocycles. The number of nitrogens with zero attached hydrogens (tertiary/aromatic N) is 4. The number of fused-ring (bicyclic) bond motifs is 1. The first-order valence-electron chi connectivity index (χ1n) is 11.1. The first-order valence-corrected chi connectivity index (χ1v) is 11.8. The van der Waals surface area contributed by atoms with Gasteiger partial charge >= 0.3 is 0 Å². The van der Waals surface area contributed by atoms with Gasteiger partial charge in [0.05, 0.1) is 27.1 Å². The molecule has 0 radical (unpaired) electrons. The van der Waals surface area contributed by atoms with Crippen molar-refractivity contribution in [1.82, 2.24) is 19.6 Å². The number of nitrogen functional groups attached to an aromatic ring is 1. The average molecular weight is 512 g/mol. The predicted molar refractivity (Wildman–Crippen MR) is 138 cm³/mol. The van der Waals surface area contributed by atoms with Crippen molar-refractivity contribution in [2.75, 3.05) is 25.9 Å². The minimum absolute atomic E-state index is 0.190. The van der Waals surface area contributed by atoms with Gasteiger partial charge in [0, 0.05) is 30.8 Å². The molecule has 0 amide bonds. The fourth-order valence-electron chi connectivity index (χ4n) is 4.39. The summed E-state index contributed by atoms with van der Waals surface area (Å²) in [4.78, 5) is 30.0. The van der Waals surface area contributed by atoms with Crippen molar-refractivity contribution in [3.05, 3.63) is 74.5 Å². The van der Waals surface area contributed by atoms with Gasteiger partial charge in [-0.05, 0) is 30.2 Å². The van der Waals surface area contributed by atoms with Gasteiger partial charge in [0.25, 0.3) is 5.56 Å². The van der Waals surface area contributed by atoms with Crippen LogP contribution in [-0.2, 0) is 6.54 Å². The number of pyridine rings is 1. The zero-order chi connectivity index (χ0) is 24.7. The van der Waals surface area contributed by atoms with E-state index in [1.807, 2.05) is 24.3 Å². The molecule has 1 saturated heterocycles. The van der Waals surface area contributed by atoms with Crippen LogP contribution in [0.1, 0.15) is 12.0 Å². The number of β-amino-alcohol motifs (C(OH)–C–C–N with tert-alkyl or cyclic N) is 1. The van der Waals surface area contributed by atoms with E-state index in [4.69, 9.17) is 33.8 Å². The van der Waals surface area contributed by atoms with E-state index in [0.29, 0.717) is 33.4 Å². The second-order valence-electron chi connectivity index (χ2n) is 8.48. The van der Waals surface area contributed by atoms with Gasteiger partial charge in [0.1, 0.15) is 12.9 Å². The van der Waals surface area contributed by atoms with Crippen LogP contribution in [0, 0.1) is 0 Å². The number of rotatable bonds is 5. The molecular formula is C25H23Cl2N5O3. The Balaban J connectivity index is 1.56. The standard InChI is InChI=1S/C25H23Cl2N5O3/c1-35-32-24-18(11-17(25(32)34)21-19(26)3-2-4-20(21)27)22(28)29-23(30-24)15-7-5-14(6-8-15)12-31-10-9-16(33)13-31/h2-8,11,16,33H,9-10,12-13H2,1H3,(H2,28,29,30)/t16-/m0/s1. The van der Waals surface area contributed by atoms with E-state index in [-0.39, 0.29) is 23.1 Å². The molecule has 8 nitrogen and oxygen atoms in total. The number of aromatic nitrogens is 3. The Hall–Kier alpha value is -3.17. The molecule has 0 aliphatic carbocycles. The van der Waals surface area contributed by atoms with Gasteiger partial charge < -0.3 is 15.7 Å². The normalized spacial score (nSPS) is 16.2. The number of aliphatic hydroxyl groups excluding tert-OH is 1. The van der Waals surface area contributed by atoms with Gasteiger partial charge in [-0.1, -0.05) is 53.5 Å². The van der Waals surface area contributed by atoms with E-state index in [2.05, 4.69) is 14.9 Å². The molecule has 2 aromatic carbocycles. The maximum absolute atomic E-state index is 13.3. The third-order valence-electron chi connectivity index (χ3n) is 6.13. The number of halogens is 2. The number of benzene rings is 2. The van der Waals surface area contributed by atoms with Crippen molar-refractivity contribution >= 4 is 40.1 Å². The third kappa shape index (κ3) is 4.46. The van der Waals surface area contributed by atoms with Crippen LogP contribution in [0.3, 0.4) is 0 Å². The average Bonchev–Trinajstić information content (AvgIpc) is 3.24. The molecule has 2 aromatic heterocycles. The first-order chi connectivity index (χ1) is 16.9. The molecule has 0 spiro atoms. The number of hydrogen-bond donors (Lipinski definition) is 2. The van der Waals surface area contributed by atoms with Crippen LogP contribution < -0.4 is 16.1 Å². The molecule has 1 atom stereocenters. The monoisotopic (exact) mass is 511 g/mol. The molecule has 35 heavy (non-hydrogen) atoms. The van der Waals surface area contributed by atoms with Gasteiger partial charge in [-0.25, -0.2) is 9.97 Å². The summed E-state index contributed by atoms with van der Waals surface area (Å²) in [6, 6.07) is 14.4. The van der Waals surface area contributed by atoms with Gasteiger partial charge in [0.2, 0.25) is 0 Å². The SMILES string of the molecule is COn1c(=O)c(-c2c(Cl)cccc2Cl)cc2c(N)nc(-c3ccc(CN4CC[C@H](O)C4)cc3)nc21. The van der Waals surface area contributed by atoms with E-state index in [9.17, 15) is 9.90 Å². The highest BCUT2D eigenvalue weighted by Gasteiger charge is 2.21. The quantitative estimate of drug-likeness (QED) is 0.421. The lowest BCUT2D eigenvalue weighted by Gasteiger charge is -2.15. The van der Waals surface area contributed by atoms with Crippen LogP contribution in [0.15, 0.2) is 53.3 Å². The number of hydrogen-bond acceptors (Lipinski definition) is 7. The summed E-state index contributed by atoms with van der Waals surface area (Å²) in [5.74, 6) is 0.558. The second kappa shape index (κ2) is 9.47. The van der Waals surface area contributed by atoms with Crippen molar-refractivity contribution in [3.63, 3.8) is 0 Å². The highest BCUT2D eigenvalue weighted by molar-refractivity contribution is 6.39. The topological polar surface area (TPSA) is 106 Å². The summed E-state index contributed by atoms with van der Waals surface area (Å²) in [7, 11) is 1.38. The molecule has 1 aliphatic rings. The molecule has 10 heteroatoms. The van der Waals surface area contributed by atoms with Crippen LogP contribution in [0.5, 0.6) is 0 Å². The summed E-state index contributed by atoms with van der Waals surface area (Å²) >= 11 is 12.7. The van der Waals surface area contributed by atoms with Crippen LogP contribution in [0.25, 0.3) is 33.5 Å². The van der Waals surface area contributed by atoms with E-state index < -0.39 is 5.56 Å². The number of likely N-dealkylation sites (tertiary alicyclic amines) is 1. The molecule has 1 aliphatic heterocycles. The molecule has 180 valence electrons. The summed E-state index contributed by atoms with van der Waals surface area (Å²) in [5, 5.41) is 10.8. The Morgan fingerprint density at radius 1 is 1.14 bits per heavy atom. The van der Waals surface area contributed by atoms with Gasteiger partial charge in [-0.2, -0.15) is 0 Å². The van der Waals surface area contributed by atoms with Crippen molar-refractivity contribution in [2.24, 2.45) is 0 Å². The van der Waals surface area contributed by atoms with E-state index in [1.165, 1.54) is 7.11 Å². The zero-order valence-corrected chi connectivity index (χ0v) is 20.4. The lowest BCUT2D eigenvalue weighted by Crippen LogP contribution is -2.27. The predicted octanol–water partition coefficient (Wildman–Crippen LogP) is 3.64. The highest BCUT2D eigenvalue weighted by Crippen LogP contribution is 2.34. The van der Waals surface area contributed by atoms with Gasteiger partial charge in [-0.3, -0.25) is 9.69 Å². The Morgan fingerprint density at radius 2 is 1.86 bits per heavy atom. The highest BCUT2D eigenvalue weighted by atomic mass is 35.5. The molecule has 3 heterocycles. The Morgan fingerprint density at radius 3 is 2.49 bits per heavy atom. The van der Waals surface area contributed by atoms with Crippen LogP contribution in [-0.4, -0.2) is 51.0 Å². The van der Waals surface area contributed by atoms with Crippen molar-refractivity contribution < 1.29 is 9.94 Å². The molecule has 5 rings (SSSR count). The van der Waals surface area contributed by atoms with Crippen LogP contribution >= 0.6 is 23.2 Å². The third-order valence-corrected chi connectivity index (χ3v) is 6.76. The lowest BCUT2D eigenvalue weighted by molar-refractivity contribution is 0.168.